The topological polar surface area (TPSA) is 40.7 Å². The largest absolute Gasteiger partial charge is 0.390 e. The molecule has 2 N–H and O–H groups in total. The van der Waals surface area contributed by atoms with Gasteiger partial charge in [0.2, 0.25) is 0 Å². The Morgan fingerprint density at radius 2 is 2.12 bits per heavy atom. The highest BCUT2D eigenvalue weighted by Crippen LogP contribution is 2.26. The van der Waals surface area contributed by atoms with Crippen LogP contribution in [0.4, 0.5) is 18.9 Å². The van der Waals surface area contributed by atoms with E-state index in [1.54, 1.807) is 6.07 Å². The van der Waals surface area contributed by atoms with Gasteiger partial charge in [0.1, 0.15) is 5.52 Å². The number of anilines is 1. The summed E-state index contributed by atoms with van der Waals surface area (Å²) in [5.74, 6) is 0. The van der Waals surface area contributed by atoms with Crippen LogP contribution in [0.5, 0.6) is 0 Å². The van der Waals surface area contributed by atoms with Crippen molar-refractivity contribution in [2.45, 2.75) is 12.6 Å². The third kappa shape index (κ3) is 3.12. The molecule has 0 bridgehead atoms. The summed E-state index contributed by atoms with van der Waals surface area (Å²) in [6.07, 6.45) is -3.51. The number of imidazole rings is 1. The molecule has 0 spiro atoms. The summed E-state index contributed by atoms with van der Waals surface area (Å²) in [5.41, 5.74) is 1.99. The molecule has 92 valence electrons. The average molecular weight is 308 g/mol. The number of fused-ring (bicyclic) bond motifs is 1. The summed E-state index contributed by atoms with van der Waals surface area (Å²) in [7, 11) is 0. The molecular formula is C10H9BrF3N3. The predicted molar refractivity (Wildman–Crippen MR) is 63.0 cm³/mol. The fraction of sp³-hybridized carbons (Fsp3) is 0.300. The van der Waals surface area contributed by atoms with Gasteiger partial charge in [0.25, 0.3) is 0 Å². The zero-order valence-corrected chi connectivity index (χ0v) is 10.2. The van der Waals surface area contributed by atoms with Crippen LogP contribution in [0, 0.1) is 0 Å². The summed E-state index contributed by atoms with van der Waals surface area (Å²) < 4.78 is 36.8. The number of nitrogens with zero attached hydrogens (tertiary/aromatic N) is 1. The first kappa shape index (κ1) is 12.2. The van der Waals surface area contributed by atoms with Crippen LogP contribution < -0.4 is 5.32 Å². The van der Waals surface area contributed by atoms with E-state index in [0.717, 1.165) is 9.99 Å². The highest BCUT2D eigenvalue weighted by Gasteiger charge is 2.26. The van der Waals surface area contributed by atoms with Crippen molar-refractivity contribution in [3.63, 3.8) is 0 Å². The zero-order valence-electron chi connectivity index (χ0n) is 8.61. The third-order valence-electron chi connectivity index (χ3n) is 2.21. The van der Waals surface area contributed by atoms with Gasteiger partial charge in [0, 0.05) is 11.0 Å². The van der Waals surface area contributed by atoms with E-state index in [1.807, 2.05) is 6.07 Å². The molecule has 1 aromatic carbocycles. The summed E-state index contributed by atoms with van der Waals surface area (Å²) in [6.45, 7) is -0.165. The smallest absolute Gasteiger partial charge is 0.383 e. The molecule has 2 rings (SSSR count). The van der Waals surface area contributed by atoms with Gasteiger partial charge < -0.3 is 10.3 Å². The van der Waals surface area contributed by atoms with Crippen LogP contribution in [-0.2, 0) is 0 Å². The maximum absolute atomic E-state index is 12.0. The molecule has 0 amide bonds. The van der Waals surface area contributed by atoms with Crippen LogP contribution in [0.15, 0.2) is 22.9 Å². The van der Waals surface area contributed by atoms with Gasteiger partial charge >= 0.3 is 6.18 Å². The Balaban J connectivity index is 2.15. The van der Waals surface area contributed by atoms with Crippen LogP contribution in [0.1, 0.15) is 6.42 Å². The molecule has 0 fully saturated rings. The number of halogens is 4. The van der Waals surface area contributed by atoms with Gasteiger partial charge in [-0.25, -0.2) is 4.98 Å². The lowest BCUT2D eigenvalue weighted by atomic mass is 10.2. The first-order valence-corrected chi connectivity index (χ1v) is 5.68. The van der Waals surface area contributed by atoms with Gasteiger partial charge in [-0.2, -0.15) is 13.2 Å². The van der Waals surface area contributed by atoms with Gasteiger partial charge in [0.05, 0.1) is 24.0 Å². The number of rotatable bonds is 3. The normalized spacial score (nSPS) is 12.0. The fourth-order valence-electron chi connectivity index (χ4n) is 1.49. The number of H-pyrrole nitrogens is 1. The van der Waals surface area contributed by atoms with Crippen molar-refractivity contribution >= 4 is 32.7 Å². The van der Waals surface area contributed by atoms with Crippen LogP contribution in [0.3, 0.4) is 0 Å². The molecule has 0 aliphatic heterocycles. The summed E-state index contributed by atoms with van der Waals surface area (Å²) in [4.78, 5) is 6.96. The van der Waals surface area contributed by atoms with Crippen LogP contribution >= 0.6 is 15.9 Å². The van der Waals surface area contributed by atoms with Gasteiger partial charge in [-0.15, -0.1) is 0 Å². The fourth-order valence-corrected chi connectivity index (χ4v) is 1.95. The maximum atomic E-state index is 12.0. The Hall–Kier alpha value is -1.24. The van der Waals surface area contributed by atoms with E-state index in [9.17, 15) is 13.2 Å². The van der Waals surface area contributed by atoms with E-state index in [1.165, 1.54) is 6.33 Å². The van der Waals surface area contributed by atoms with Gasteiger partial charge in [0.15, 0.2) is 0 Å². The number of benzene rings is 1. The third-order valence-corrected chi connectivity index (χ3v) is 2.67. The van der Waals surface area contributed by atoms with Gasteiger partial charge in [-0.05, 0) is 12.1 Å². The average Bonchev–Trinajstić information content (AvgIpc) is 2.63. The lowest BCUT2D eigenvalue weighted by molar-refractivity contribution is -0.131. The van der Waals surface area contributed by atoms with E-state index in [0.29, 0.717) is 11.2 Å². The summed E-state index contributed by atoms with van der Waals surface area (Å²) in [5, 5.41) is 2.74. The molecule has 1 heterocycles. The van der Waals surface area contributed by atoms with E-state index < -0.39 is 12.6 Å². The molecule has 0 saturated heterocycles. The Morgan fingerprint density at radius 1 is 1.35 bits per heavy atom. The SMILES string of the molecule is FC(F)(F)CCNc1cc(Br)cc2[nH]cnc12. The molecule has 0 aliphatic carbocycles. The van der Waals surface area contributed by atoms with Crippen LogP contribution in [0.2, 0.25) is 0 Å². The number of nitrogens with one attached hydrogen (secondary N) is 2. The minimum atomic E-state index is -4.15. The molecule has 17 heavy (non-hydrogen) atoms. The lowest BCUT2D eigenvalue weighted by Gasteiger charge is -2.09. The lowest BCUT2D eigenvalue weighted by Crippen LogP contribution is -2.14. The zero-order chi connectivity index (χ0) is 12.5. The molecule has 0 unspecified atom stereocenters. The molecule has 7 heteroatoms. The molecular weight excluding hydrogens is 299 g/mol. The minimum absolute atomic E-state index is 0.165. The summed E-state index contributed by atoms with van der Waals surface area (Å²) >= 11 is 3.29. The number of aromatic nitrogens is 2. The molecule has 2 aromatic rings. The molecule has 3 nitrogen and oxygen atoms in total. The van der Waals surface area contributed by atoms with E-state index in [2.05, 4.69) is 31.2 Å². The van der Waals surface area contributed by atoms with E-state index in [4.69, 9.17) is 0 Å². The second-order valence-electron chi connectivity index (χ2n) is 3.54. The number of aromatic amines is 1. The highest BCUT2D eigenvalue weighted by molar-refractivity contribution is 9.10. The number of alkyl halides is 3. The predicted octanol–water partition coefficient (Wildman–Crippen LogP) is 3.69. The van der Waals surface area contributed by atoms with Crippen LogP contribution in [-0.4, -0.2) is 22.7 Å². The van der Waals surface area contributed by atoms with Crippen molar-refractivity contribution in [2.75, 3.05) is 11.9 Å². The second kappa shape index (κ2) is 4.56. The minimum Gasteiger partial charge on any atom is -0.383 e. The highest BCUT2D eigenvalue weighted by atomic mass is 79.9. The van der Waals surface area contributed by atoms with Crippen molar-refractivity contribution < 1.29 is 13.2 Å². The maximum Gasteiger partial charge on any atom is 0.390 e. The van der Waals surface area contributed by atoms with E-state index >= 15 is 0 Å². The molecule has 0 atom stereocenters. The van der Waals surface area contributed by atoms with Crippen LogP contribution in [0.25, 0.3) is 11.0 Å². The van der Waals surface area contributed by atoms with Crippen molar-refractivity contribution in [3.8, 4) is 0 Å². The molecule has 1 aromatic heterocycles. The Bertz CT molecular complexity index is 521. The Kier molecular flexibility index (Phi) is 3.28. The summed E-state index contributed by atoms with van der Waals surface area (Å²) in [6, 6.07) is 3.52. The van der Waals surface area contributed by atoms with Gasteiger partial charge in [-0.1, -0.05) is 15.9 Å². The number of hydrogen-bond acceptors (Lipinski definition) is 2. The molecule has 0 saturated carbocycles. The van der Waals surface area contributed by atoms with Crippen molar-refractivity contribution in [1.82, 2.24) is 9.97 Å². The van der Waals surface area contributed by atoms with E-state index in [-0.39, 0.29) is 6.54 Å². The standard InChI is InChI=1S/C10H9BrF3N3/c11-6-3-7(15-2-1-10(12,13)14)9-8(4-6)16-5-17-9/h3-5,15H,1-2H2,(H,16,17). The molecule has 0 radical (unpaired) electrons. The Labute approximate surface area is 104 Å². The Morgan fingerprint density at radius 3 is 2.82 bits per heavy atom. The van der Waals surface area contributed by atoms with Crippen molar-refractivity contribution in [1.29, 1.82) is 0 Å². The quantitative estimate of drug-likeness (QED) is 0.908. The van der Waals surface area contributed by atoms with Gasteiger partial charge in [-0.3, -0.25) is 0 Å². The number of hydrogen-bond donors (Lipinski definition) is 2. The van der Waals surface area contributed by atoms with Crippen molar-refractivity contribution in [2.24, 2.45) is 0 Å². The monoisotopic (exact) mass is 307 g/mol. The molecule has 0 aliphatic rings. The second-order valence-corrected chi connectivity index (χ2v) is 4.46. The first-order valence-electron chi connectivity index (χ1n) is 4.89. The first-order chi connectivity index (χ1) is 7.96. The van der Waals surface area contributed by atoms with Crippen molar-refractivity contribution in [3.05, 3.63) is 22.9 Å².